The molecule has 214 valence electrons. The zero-order chi connectivity index (χ0) is 29.7. The number of hydrogen-bond acceptors (Lipinski definition) is 4. The minimum atomic E-state index is -4.82. The summed E-state index contributed by atoms with van der Waals surface area (Å²) in [6.07, 6.45) is -1.98. The number of primary amides is 1. The van der Waals surface area contributed by atoms with Crippen LogP contribution in [0.5, 0.6) is 0 Å². The molecule has 0 spiro atoms. The highest BCUT2D eigenvalue weighted by atomic mass is 19.4. The third-order valence-electron chi connectivity index (χ3n) is 6.80. The molecule has 10 heteroatoms. The van der Waals surface area contributed by atoms with Crippen molar-refractivity contribution in [3.63, 3.8) is 0 Å². The number of alkyl halides is 3. The summed E-state index contributed by atoms with van der Waals surface area (Å²) < 4.78 is 55.2. The van der Waals surface area contributed by atoms with Crippen LogP contribution in [-0.4, -0.2) is 31.6 Å². The number of benzene rings is 3. The maximum absolute atomic E-state index is 15.0. The average molecular weight is 567 g/mol. The smallest absolute Gasteiger partial charge is 0.366 e. The lowest BCUT2D eigenvalue weighted by atomic mass is 9.97. The number of likely N-dealkylation sites (N-methyl/N-ethyl adjacent to an activating group) is 1. The van der Waals surface area contributed by atoms with Gasteiger partial charge < -0.3 is 21.3 Å². The van der Waals surface area contributed by atoms with Crippen molar-refractivity contribution in [1.82, 2.24) is 5.32 Å². The maximum atomic E-state index is 15.0. The van der Waals surface area contributed by atoms with Crippen LogP contribution in [0, 0.1) is 11.7 Å². The van der Waals surface area contributed by atoms with Gasteiger partial charge in [0.05, 0.1) is 17.3 Å². The molecule has 6 nitrogen and oxygen atoms in total. The standard InChI is InChI=1S/C31H30F4N4O2/c1-19(31(33,34)35)15-27(39(2)24-10-6-9-23(16-24)29(36)40)30(41)38-26-17-22(13-14-25(26)32)28(37-18-20-11-12-20)21-7-4-3-5-8-21/h3-10,13-17,20,28,37H,1,11-12,18H2,2H3,(H2,36,40)(H,38,41)/b27-15-. The third kappa shape index (κ3) is 7.61. The van der Waals surface area contributed by atoms with Crippen molar-refractivity contribution in [1.29, 1.82) is 0 Å². The van der Waals surface area contributed by atoms with E-state index in [1.165, 1.54) is 43.4 Å². The number of nitrogens with zero attached hydrogens (tertiary/aromatic N) is 1. The lowest BCUT2D eigenvalue weighted by Crippen LogP contribution is -2.29. The van der Waals surface area contributed by atoms with E-state index < -0.39 is 35.1 Å². The van der Waals surface area contributed by atoms with Gasteiger partial charge in [-0.1, -0.05) is 49.0 Å². The van der Waals surface area contributed by atoms with Crippen LogP contribution in [-0.2, 0) is 4.79 Å². The Hall–Kier alpha value is -4.44. The molecule has 0 saturated heterocycles. The second-order valence-electron chi connectivity index (χ2n) is 9.91. The molecule has 0 aromatic heterocycles. The monoisotopic (exact) mass is 566 g/mol. The van der Waals surface area contributed by atoms with Gasteiger partial charge in [0.2, 0.25) is 5.91 Å². The summed E-state index contributed by atoms with van der Waals surface area (Å²) in [5, 5.41) is 5.93. The summed E-state index contributed by atoms with van der Waals surface area (Å²) in [5.41, 5.74) is 5.27. The first-order valence-electron chi connectivity index (χ1n) is 12.9. The molecule has 1 fully saturated rings. The summed E-state index contributed by atoms with van der Waals surface area (Å²) in [6.45, 7) is 3.80. The number of carbonyl (C=O) groups is 2. The molecule has 0 aliphatic heterocycles. The van der Waals surface area contributed by atoms with Gasteiger partial charge in [0.25, 0.3) is 5.91 Å². The largest absolute Gasteiger partial charge is 0.415 e. The van der Waals surface area contributed by atoms with Crippen LogP contribution in [0.1, 0.15) is 40.4 Å². The number of carbonyl (C=O) groups excluding carboxylic acids is 2. The average Bonchev–Trinajstić information content (AvgIpc) is 3.77. The Balaban J connectivity index is 1.68. The van der Waals surface area contributed by atoms with E-state index in [0.717, 1.165) is 29.8 Å². The van der Waals surface area contributed by atoms with Crippen LogP contribution in [0.4, 0.5) is 28.9 Å². The van der Waals surface area contributed by atoms with Crippen molar-refractivity contribution in [3.05, 3.63) is 119 Å². The number of allylic oxidation sites excluding steroid dienone is 2. The highest BCUT2D eigenvalue weighted by Crippen LogP contribution is 2.32. The quantitative estimate of drug-likeness (QED) is 0.149. The molecular weight excluding hydrogens is 536 g/mol. The Bertz CT molecular complexity index is 1470. The number of anilines is 2. The second-order valence-corrected chi connectivity index (χ2v) is 9.91. The van der Waals surface area contributed by atoms with Gasteiger partial charge >= 0.3 is 6.18 Å². The number of amides is 2. The van der Waals surface area contributed by atoms with E-state index >= 15 is 0 Å². The van der Waals surface area contributed by atoms with Gasteiger partial charge in [-0.3, -0.25) is 9.59 Å². The van der Waals surface area contributed by atoms with E-state index in [-0.39, 0.29) is 23.0 Å². The van der Waals surface area contributed by atoms with E-state index in [1.54, 1.807) is 6.07 Å². The molecule has 1 saturated carbocycles. The Morgan fingerprint density at radius 3 is 2.39 bits per heavy atom. The molecule has 4 N–H and O–H groups in total. The predicted octanol–water partition coefficient (Wildman–Crippen LogP) is 6.09. The Morgan fingerprint density at radius 2 is 1.76 bits per heavy atom. The molecule has 0 heterocycles. The molecule has 0 bridgehead atoms. The van der Waals surface area contributed by atoms with Gasteiger partial charge in [0.1, 0.15) is 11.5 Å². The fourth-order valence-corrected chi connectivity index (χ4v) is 4.25. The third-order valence-corrected chi connectivity index (χ3v) is 6.80. The predicted molar refractivity (Wildman–Crippen MR) is 151 cm³/mol. The van der Waals surface area contributed by atoms with Crippen molar-refractivity contribution in [2.45, 2.75) is 25.1 Å². The Labute approximate surface area is 235 Å². The molecule has 1 aliphatic rings. The molecule has 1 aliphatic carbocycles. The first-order chi connectivity index (χ1) is 19.4. The van der Waals surface area contributed by atoms with Crippen LogP contribution >= 0.6 is 0 Å². The SMILES string of the molecule is C=C(/C=C(/C(=O)Nc1cc(C(NCC2CC2)c2ccccc2)ccc1F)N(C)c1cccc(C(N)=O)c1)C(F)(F)F. The van der Waals surface area contributed by atoms with Gasteiger partial charge in [-0.05, 0) is 72.8 Å². The van der Waals surface area contributed by atoms with Crippen LogP contribution in [0.25, 0.3) is 0 Å². The highest BCUT2D eigenvalue weighted by molar-refractivity contribution is 6.06. The van der Waals surface area contributed by atoms with E-state index in [1.807, 2.05) is 30.3 Å². The maximum Gasteiger partial charge on any atom is 0.415 e. The number of rotatable bonds is 11. The van der Waals surface area contributed by atoms with Crippen molar-refractivity contribution >= 4 is 23.2 Å². The van der Waals surface area contributed by atoms with Gasteiger partial charge in [-0.2, -0.15) is 13.2 Å². The molecule has 41 heavy (non-hydrogen) atoms. The minimum Gasteiger partial charge on any atom is -0.366 e. The molecule has 1 unspecified atom stereocenters. The normalized spacial score (nSPS) is 14.3. The molecule has 4 rings (SSSR count). The lowest BCUT2D eigenvalue weighted by molar-refractivity contribution is -0.113. The van der Waals surface area contributed by atoms with Gasteiger partial charge in [0.15, 0.2) is 0 Å². The molecule has 3 aromatic carbocycles. The van der Waals surface area contributed by atoms with Crippen LogP contribution in [0.2, 0.25) is 0 Å². The van der Waals surface area contributed by atoms with Crippen LogP contribution in [0.3, 0.4) is 0 Å². The molecule has 3 aromatic rings. The zero-order valence-corrected chi connectivity index (χ0v) is 22.3. The lowest BCUT2D eigenvalue weighted by Gasteiger charge is -2.24. The fraction of sp³-hybridized carbons (Fsp3) is 0.226. The van der Waals surface area contributed by atoms with Gasteiger partial charge in [-0.25, -0.2) is 4.39 Å². The topological polar surface area (TPSA) is 87.5 Å². The van der Waals surface area contributed by atoms with E-state index in [0.29, 0.717) is 17.6 Å². The fourth-order valence-electron chi connectivity index (χ4n) is 4.25. The first kappa shape index (κ1) is 29.5. The van der Waals surface area contributed by atoms with E-state index in [2.05, 4.69) is 17.2 Å². The minimum absolute atomic E-state index is 0.0909. The first-order valence-corrected chi connectivity index (χ1v) is 12.9. The molecule has 2 amide bonds. The summed E-state index contributed by atoms with van der Waals surface area (Å²) in [6, 6.07) is 19.2. The molecule has 1 atom stereocenters. The summed E-state index contributed by atoms with van der Waals surface area (Å²) in [4.78, 5) is 26.2. The van der Waals surface area contributed by atoms with Gasteiger partial charge in [-0.15, -0.1) is 0 Å². The van der Waals surface area contributed by atoms with Crippen molar-refractivity contribution in [2.24, 2.45) is 11.7 Å². The van der Waals surface area contributed by atoms with E-state index in [9.17, 15) is 27.2 Å². The summed E-state index contributed by atoms with van der Waals surface area (Å²) in [7, 11) is 1.34. The van der Waals surface area contributed by atoms with E-state index in [4.69, 9.17) is 5.73 Å². The van der Waals surface area contributed by atoms with Crippen LogP contribution in [0.15, 0.2) is 96.7 Å². The number of halogens is 4. The number of hydrogen-bond donors (Lipinski definition) is 3. The summed E-state index contributed by atoms with van der Waals surface area (Å²) in [5.74, 6) is -1.96. The second kappa shape index (κ2) is 12.4. The molecular formula is C31H30F4N4O2. The highest BCUT2D eigenvalue weighted by Gasteiger charge is 2.32. The number of nitrogens with two attached hydrogens (primary N) is 1. The van der Waals surface area contributed by atoms with Crippen LogP contribution < -0.4 is 21.3 Å². The summed E-state index contributed by atoms with van der Waals surface area (Å²) >= 11 is 0. The number of nitrogens with one attached hydrogen (secondary N) is 2. The zero-order valence-electron chi connectivity index (χ0n) is 22.3. The Morgan fingerprint density at radius 1 is 1.05 bits per heavy atom. The van der Waals surface area contributed by atoms with Crippen molar-refractivity contribution in [3.8, 4) is 0 Å². The molecule has 0 radical (unpaired) electrons. The van der Waals surface area contributed by atoms with Gasteiger partial charge in [0, 0.05) is 18.3 Å². The van der Waals surface area contributed by atoms with Crippen molar-refractivity contribution < 1.29 is 27.2 Å². The van der Waals surface area contributed by atoms with Crippen molar-refractivity contribution in [2.75, 3.05) is 23.8 Å². The Kier molecular flexibility index (Phi) is 8.92.